The van der Waals surface area contributed by atoms with E-state index in [-0.39, 0.29) is 32.0 Å². The number of hydrogen-bond donors (Lipinski definition) is 4. The fourth-order valence-electron chi connectivity index (χ4n) is 7.18. The van der Waals surface area contributed by atoms with Gasteiger partial charge in [-0.15, -0.1) is 0 Å². The number of rotatable bonds is 40. The predicted molar refractivity (Wildman–Crippen MR) is 242 cm³/mol. The van der Waals surface area contributed by atoms with E-state index in [2.05, 4.69) is 62.5 Å². The molecule has 10 heteroatoms. The van der Waals surface area contributed by atoms with Crippen LogP contribution in [0.2, 0.25) is 0 Å². The van der Waals surface area contributed by atoms with E-state index in [0.717, 1.165) is 57.8 Å². The number of aliphatic hydroxyl groups excluding tert-OH is 4. The van der Waals surface area contributed by atoms with Gasteiger partial charge in [-0.2, -0.15) is 0 Å². The molecule has 6 atom stereocenters. The third kappa shape index (κ3) is 31.5. The van der Waals surface area contributed by atoms with Crippen molar-refractivity contribution in [2.24, 2.45) is 0 Å². The van der Waals surface area contributed by atoms with E-state index in [1.165, 1.54) is 109 Å². The van der Waals surface area contributed by atoms with Crippen molar-refractivity contribution in [3.63, 3.8) is 0 Å². The van der Waals surface area contributed by atoms with Crippen molar-refractivity contribution in [2.45, 2.75) is 237 Å². The van der Waals surface area contributed by atoms with Gasteiger partial charge in [0.05, 0.1) is 13.2 Å². The number of hydrogen-bond acceptors (Lipinski definition) is 10. The summed E-state index contributed by atoms with van der Waals surface area (Å²) in [5.41, 5.74) is 0. The lowest BCUT2D eigenvalue weighted by atomic mass is 9.99. The lowest BCUT2D eigenvalue weighted by molar-refractivity contribution is -0.305. The van der Waals surface area contributed by atoms with Crippen LogP contribution in [0.1, 0.15) is 200 Å². The SMILES string of the molecule is CC/C=C\C/C=C\C/C=C\C/C=C\CCCCC(=O)OC(COC(=O)CCCCCCCCCCCCCCCCCCCCCC)COC1OC(CO)C(O)C(O)C1O. The quantitative estimate of drug-likeness (QED) is 0.0266. The van der Waals surface area contributed by atoms with Crippen LogP contribution in [0.25, 0.3) is 0 Å². The Bertz CT molecular complexity index is 1120. The second-order valence-corrected chi connectivity index (χ2v) is 16.5. The molecule has 348 valence electrons. The summed E-state index contributed by atoms with van der Waals surface area (Å²) < 4.78 is 22.2. The van der Waals surface area contributed by atoms with E-state index in [4.69, 9.17) is 18.9 Å². The highest BCUT2D eigenvalue weighted by Crippen LogP contribution is 2.23. The molecule has 1 heterocycles. The zero-order valence-corrected chi connectivity index (χ0v) is 37.9. The standard InChI is InChI=1S/C50H88O10/c1-3-5-7-9-11-13-15-17-19-20-21-22-23-25-26-28-30-32-34-36-38-45(52)57-41-43(42-58-50-49(56)48(55)47(54)44(40-51)60-50)59-46(53)39-37-35-33-31-29-27-24-18-16-14-12-10-8-6-4-2/h6,8,12,14,18,24,29,31,43-44,47-51,54-56H,3-5,7,9-11,13,15-17,19-23,25-28,30,32-42H2,1-2H3/b8-6-,14-12-,24-18-,31-29-. The van der Waals surface area contributed by atoms with E-state index in [1.54, 1.807) is 0 Å². The Morgan fingerprint density at radius 3 is 1.48 bits per heavy atom. The van der Waals surface area contributed by atoms with Crippen LogP contribution in [-0.2, 0) is 28.5 Å². The molecule has 1 aliphatic heterocycles. The Balaban J connectivity index is 2.29. The lowest BCUT2D eigenvalue weighted by Gasteiger charge is -2.39. The van der Waals surface area contributed by atoms with Gasteiger partial charge in [-0.1, -0.05) is 184 Å². The summed E-state index contributed by atoms with van der Waals surface area (Å²) in [6.07, 6.45) is 41.3. The third-order valence-electron chi connectivity index (χ3n) is 11.0. The molecule has 1 aliphatic rings. The molecule has 0 aliphatic carbocycles. The highest BCUT2D eigenvalue weighted by atomic mass is 16.7. The highest BCUT2D eigenvalue weighted by molar-refractivity contribution is 5.70. The van der Waals surface area contributed by atoms with Crippen molar-refractivity contribution in [1.29, 1.82) is 0 Å². The van der Waals surface area contributed by atoms with Crippen LogP contribution in [0, 0.1) is 0 Å². The highest BCUT2D eigenvalue weighted by Gasteiger charge is 2.44. The molecule has 1 saturated heterocycles. The maximum Gasteiger partial charge on any atom is 0.306 e. The number of allylic oxidation sites excluding steroid dienone is 8. The van der Waals surface area contributed by atoms with Crippen LogP contribution < -0.4 is 0 Å². The van der Waals surface area contributed by atoms with Gasteiger partial charge >= 0.3 is 11.9 Å². The van der Waals surface area contributed by atoms with Crippen molar-refractivity contribution in [3.05, 3.63) is 48.6 Å². The molecule has 60 heavy (non-hydrogen) atoms. The van der Waals surface area contributed by atoms with Gasteiger partial charge in [-0.25, -0.2) is 0 Å². The minimum atomic E-state index is -1.60. The smallest absolute Gasteiger partial charge is 0.306 e. The average molecular weight is 849 g/mol. The van der Waals surface area contributed by atoms with Gasteiger partial charge in [0.15, 0.2) is 12.4 Å². The molecule has 0 aromatic heterocycles. The van der Waals surface area contributed by atoms with E-state index in [1.807, 2.05) is 0 Å². The van der Waals surface area contributed by atoms with Gasteiger partial charge in [0, 0.05) is 12.8 Å². The second kappa shape index (κ2) is 40.7. The molecule has 1 fully saturated rings. The first-order valence-corrected chi connectivity index (χ1v) is 24.2. The second-order valence-electron chi connectivity index (χ2n) is 16.5. The topological polar surface area (TPSA) is 152 Å². The van der Waals surface area contributed by atoms with E-state index >= 15 is 0 Å². The van der Waals surface area contributed by atoms with Crippen molar-refractivity contribution in [1.82, 2.24) is 0 Å². The van der Waals surface area contributed by atoms with Crippen molar-refractivity contribution >= 4 is 11.9 Å². The largest absolute Gasteiger partial charge is 0.462 e. The Morgan fingerprint density at radius 2 is 0.983 bits per heavy atom. The minimum absolute atomic E-state index is 0.178. The molecule has 0 saturated carbocycles. The number of aliphatic hydroxyl groups is 4. The molecular weight excluding hydrogens is 761 g/mol. The van der Waals surface area contributed by atoms with Crippen molar-refractivity contribution in [3.8, 4) is 0 Å². The molecule has 0 aromatic rings. The van der Waals surface area contributed by atoms with Gasteiger partial charge in [0.25, 0.3) is 0 Å². The summed E-state index contributed by atoms with van der Waals surface area (Å²) in [6, 6.07) is 0. The maximum atomic E-state index is 12.8. The van der Waals surface area contributed by atoms with Crippen LogP contribution in [-0.4, -0.2) is 89.0 Å². The summed E-state index contributed by atoms with van der Waals surface area (Å²) in [5.74, 6) is -0.850. The van der Waals surface area contributed by atoms with Crippen LogP contribution >= 0.6 is 0 Å². The van der Waals surface area contributed by atoms with Crippen LogP contribution in [0.4, 0.5) is 0 Å². The van der Waals surface area contributed by atoms with E-state index < -0.39 is 49.4 Å². The molecule has 0 aromatic carbocycles. The predicted octanol–water partition coefficient (Wildman–Crippen LogP) is 10.8. The first-order valence-electron chi connectivity index (χ1n) is 24.2. The Labute approximate surface area is 365 Å². The van der Waals surface area contributed by atoms with Crippen LogP contribution in [0.15, 0.2) is 48.6 Å². The molecule has 0 amide bonds. The summed E-state index contributed by atoms with van der Waals surface area (Å²) in [7, 11) is 0. The fraction of sp³-hybridized carbons (Fsp3) is 0.800. The Hall–Kier alpha value is -2.34. The van der Waals surface area contributed by atoms with Crippen molar-refractivity contribution < 1.29 is 49.0 Å². The fourth-order valence-corrected chi connectivity index (χ4v) is 7.18. The first kappa shape index (κ1) is 55.7. The summed E-state index contributed by atoms with van der Waals surface area (Å²) >= 11 is 0. The summed E-state index contributed by atoms with van der Waals surface area (Å²) in [6.45, 7) is 3.28. The lowest BCUT2D eigenvalue weighted by Crippen LogP contribution is -2.59. The number of ether oxygens (including phenoxy) is 4. The first-order chi connectivity index (χ1) is 29.3. The molecule has 0 bridgehead atoms. The number of carbonyl (C=O) groups excluding carboxylic acids is 2. The maximum absolute atomic E-state index is 12.8. The van der Waals surface area contributed by atoms with Gasteiger partial charge in [-0.05, 0) is 51.4 Å². The van der Waals surface area contributed by atoms with Crippen molar-refractivity contribution in [2.75, 3.05) is 19.8 Å². The molecule has 4 N–H and O–H groups in total. The zero-order valence-electron chi connectivity index (χ0n) is 37.9. The summed E-state index contributed by atoms with van der Waals surface area (Å²) in [5, 5.41) is 40.1. The molecule has 10 nitrogen and oxygen atoms in total. The zero-order chi connectivity index (χ0) is 43.7. The van der Waals surface area contributed by atoms with Crippen LogP contribution in [0.3, 0.4) is 0 Å². The van der Waals surface area contributed by atoms with Gasteiger partial charge in [0.1, 0.15) is 31.0 Å². The van der Waals surface area contributed by atoms with E-state index in [9.17, 15) is 30.0 Å². The number of esters is 2. The Kier molecular flexibility index (Phi) is 37.8. The summed E-state index contributed by atoms with van der Waals surface area (Å²) in [4.78, 5) is 25.4. The third-order valence-corrected chi connectivity index (χ3v) is 11.0. The molecular formula is C50H88O10. The van der Waals surface area contributed by atoms with Gasteiger partial charge in [-0.3, -0.25) is 9.59 Å². The van der Waals surface area contributed by atoms with Crippen LogP contribution in [0.5, 0.6) is 0 Å². The molecule has 6 unspecified atom stereocenters. The molecule has 1 rings (SSSR count). The average Bonchev–Trinajstić information content (AvgIpc) is 3.25. The number of carbonyl (C=O) groups is 2. The minimum Gasteiger partial charge on any atom is -0.462 e. The monoisotopic (exact) mass is 849 g/mol. The molecule has 0 radical (unpaired) electrons. The van der Waals surface area contributed by atoms with Gasteiger partial charge < -0.3 is 39.4 Å². The van der Waals surface area contributed by atoms with E-state index in [0.29, 0.717) is 6.42 Å². The molecule has 0 spiro atoms. The normalized spacial score (nSPS) is 20.3. The Morgan fingerprint density at radius 1 is 0.533 bits per heavy atom. The van der Waals surface area contributed by atoms with Gasteiger partial charge in [0.2, 0.25) is 0 Å². The number of unbranched alkanes of at least 4 members (excludes halogenated alkanes) is 21.